The topological polar surface area (TPSA) is 18.5 Å². The van der Waals surface area contributed by atoms with Crippen molar-refractivity contribution in [2.45, 2.75) is 24.1 Å². The zero-order valence-corrected chi connectivity index (χ0v) is 11.5. The molecule has 0 atom stereocenters. The molecule has 0 radical (unpaired) electrons. The molecule has 0 amide bonds. The fourth-order valence-corrected chi connectivity index (χ4v) is 2.06. The van der Waals surface area contributed by atoms with Crippen molar-refractivity contribution in [2.24, 2.45) is 0 Å². The Morgan fingerprint density at radius 2 is 1.17 bits per heavy atom. The largest absolute Gasteiger partial charge is 0.496 e. The van der Waals surface area contributed by atoms with Crippen LogP contribution in [-0.2, 0) is 16.5 Å². The maximum atomic E-state index is 13.1. The van der Waals surface area contributed by atoms with Gasteiger partial charge in [0.05, 0.1) is 12.7 Å². The van der Waals surface area contributed by atoms with E-state index in [2.05, 4.69) is 9.47 Å². The maximum Gasteiger partial charge on any atom is 0.431 e. The highest BCUT2D eigenvalue weighted by molar-refractivity contribution is 5.48. The van der Waals surface area contributed by atoms with E-state index < -0.39 is 41.0 Å². The van der Waals surface area contributed by atoms with Crippen molar-refractivity contribution in [3.63, 3.8) is 0 Å². The van der Waals surface area contributed by atoms with E-state index in [1.807, 2.05) is 0 Å². The second kappa shape index (κ2) is 5.77. The second-order valence-corrected chi connectivity index (χ2v) is 4.26. The number of halogens is 9. The SMILES string of the molecule is COc1c(C(F)(F)F)cccc1C(OC)(C(F)(F)F)C(F)(F)F. The number of benzene rings is 1. The summed E-state index contributed by atoms with van der Waals surface area (Å²) in [6.45, 7) is 0. The van der Waals surface area contributed by atoms with Gasteiger partial charge in [-0.25, -0.2) is 0 Å². The predicted octanol–water partition coefficient (Wildman–Crippen LogP) is 4.68. The van der Waals surface area contributed by atoms with Gasteiger partial charge in [-0.2, -0.15) is 39.5 Å². The molecule has 1 aromatic carbocycles. The van der Waals surface area contributed by atoms with E-state index in [0.717, 1.165) is 0 Å². The van der Waals surface area contributed by atoms with Crippen molar-refractivity contribution >= 4 is 0 Å². The van der Waals surface area contributed by atoms with Crippen molar-refractivity contribution in [2.75, 3.05) is 14.2 Å². The second-order valence-electron chi connectivity index (χ2n) is 4.26. The predicted molar refractivity (Wildman–Crippen MR) is 58.8 cm³/mol. The van der Waals surface area contributed by atoms with Gasteiger partial charge in [-0.15, -0.1) is 0 Å². The van der Waals surface area contributed by atoms with Gasteiger partial charge in [0.25, 0.3) is 5.60 Å². The molecule has 11 heteroatoms. The molecule has 0 fully saturated rings. The summed E-state index contributed by atoms with van der Waals surface area (Å²) < 4.78 is 125. The van der Waals surface area contributed by atoms with Crippen LogP contribution in [0.5, 0.6) is 5.75 Å². The molecule has 0 aliphatic rings. The Morgan fingerprint density at radius 3 is 1.48 bits per heavy atom. The van der Waals surface area contributed by atoms with Crippen LogP contribution >= 0.6 is 0 Å². The molecule has 0 aliphatic carbocycles. The van der Waals surface area contributed by atoms with Crippen molar-refractivity contribution in [3.8, 4) is 5.75 Å². The van der Waals surface area contributed by atoms with Crippen LogP contribution in [0.1, 0.15) is 11.1 Å². The van der Waals surface area contributed by atoms with Gasteiger partial charge in [0.15, 0.2) is 0 Å². The monoisotopic (exact) mass is 356 g/mol. The van der Waals surface area contributed by atoms with Gasteiger partial charge < -0.3 is 9.47 Å². The van der Waals surface area contributed by atoms with Crippen LogP contribution in [0.3, 0.4) is 0 Å². The van der Waals surface area contributed by atoms with E-state index in [0.29, 0.717) is 19.2 Å². The average molecular weight is 356 g/mol. The molecule has 0 N–H and O–H groups in total. The van der Waals surface area contributed by atoms with Crippen molar-refractivity contribution in [3.05, 3.63) is 29.3 Å². The minimum atomic E-state index is -6.09. The molecular formula is C12H9F9O2. The Hall–Kier alpha value is -1.65. The van der Waals surface area contributed by atoms with Crippen LogP contribution in [0.2, 0.25) is 0 Å². The highest BCUT2D eigenvalue weighted by Gasteiger charge is 2.74. The number of para-hydroxylation sites is 1. The molecule has 0 heterocycles. The third-order valence-corrected chi connectivity index (χ3v) is 3.01. The normalized spacial score (nSPS) is 14.0. The van der Waals surface area contributed by atoms with Gasteiger partial charge in [0.1, 0.15) is 5.75 Å². The minimum Gasteiger partial charge on any atom is -0.496 e. The summed E-state index contributed by atoms with van der Waals surface area (Å²) in [6.07, 6.45) is -17.4. The summed E-state index contributed by atoms with van der Waals surface area (Å²) in [6, 6.07) is 0.931. The quantitative estimate of drug-likeness (QED) is 0.733. The van der Waals surface area contributed by atoms with Crippen LogP contribution in [-0.4, -0.2) is 26.6 Å². The number of hydrogen-bond donors (Lipinski definition) is 0. The molecule has 0 bridgehead atoms. The van der Waals surface area contributed by atoms with Gasteiger partial charge >= 0.3 is 18.5 Å². The van der Waals surface area contributed by atoms with Crippen LogP contribution in [0.4, 0.5) is 39.5 Å². The van der Waals surface area contributed by atoms with E-state index in [4.69, 9.17) is 0 Å². The van der Waals surface area contributed by atoms with Crippen LogP contribution in [0.15, 0.2) is 18.2 Å². The zero-order valence-electron chi connectivity index (χ0n) is 11.5. The molecular weight excluding hydrogens is 347 g/mol. The highest BCUT2D eigenvalue weighted by Crippen LogP contribution is 2.56. The Morgan fingerprint density at radius 1 is 0.739 bits per heavy atom. The Labute approximate surface area is 123 Å². The lowest BCUT2D eigenvalue weighted by Gasteiger charge is -2.37. The summed E-state index contributed by atoms with van der Waals surface area (Å²) in [7, 11) is 0.627. The Bertz CT molecular complexity index is 543. The number of alkyl halides is 9. The van der Waals surface area contributed by atoms with E-state index >= 15 is 0 Å². The third kappa shape index (κ3) is 3.06. The number of ether oxygens (including phenoxy) is 2. The first-order valence-electron chi connectivity index (χ1n) is 5.67. The molecule has 0 spiro atoms. The van der Waals surface area contributed by atoms with Crippen molar-refractivity contribution in [1.29, 1.82) is 0 Å². The first-order valence-corrected chi connectivity index (χ1v) is 5.67. The molecule has 2 nitrogen and oxygen atoms in total. The fraction of sp³-hybridized carbons (Fsp3) is 0.500. The molecule has 132 valence electrons. The Kier molecular flexibility index (Phi) is 4.86. The summed E-state index contributed by atoms with van der Waals surface area (Å²) in [5.41, 5.74) is -8.59. The first-order chi connectivity index (χ1) is 10.2. The summed E-state index contributed by atoms with van der Waals surface area (Å²) >= 11 is 0. The van der Waals surface area contributed by atoms with Gasteiger partial charge in [-0.3, -0.25) is 0 Å². The number of hydrogen-bond acceptors (Lipinski definition) is 2. The molecule has 0 aliphatic heterocycles. The van der Waals surface area contributed by atoms with E-state index in [1.54, 1.807) is 0 Å². The Balaban J connectivity index is 3.90. The molecule has 1 rings (SSSR count). The first kappa shape index (κ1) is 19.4. The van der Waals surface area contributed by atoms with Gasteiger partial charge in [-0.1, -0.05) is 12.1 Å². The van der Waals surface area contributed by atoms with E-state index in [1.165, 1.54) is 0 Å². The maximum absolute atomic E-state index is 13.1. The average Bonchev–Trinajstić information content (AvgIpc) is 2.35. The van der Waals surface area contributed by atoms with Crippen LogP contribution in [0.25, 0.3) is 0 Å². The number of rotatable bonds is 3. The number of methoxy groups -OCH3 is 2. The van der Waals surface area contributed by atoms with Crippen LogP contribution < -0.4 is 4.74 Å². The van der Waals surface area contributed by atoms with Gasteiger partial charge in [0.2, 0.25) is 0 Å². The lowest BCUT2D eigenvalue weighted by atomic mass is 9.89. The van der Waals surface area contributed by atoms with E-state index in [-0.39, 0.29) is 13.2 Å². The highest BCUT2D eigenvalue weighted by atomic mass is 19.4. The third-order valence-electron chi connectivity index (χ3n) is 3.01. The summed E-state index contributed by atoms with van der Waals surface area (Å²) in [4.78, 5) is 0. The molecule has 0 saturated carbocycles. The van der Waals surface area contributed by atoms with Crippen molar-refractivity contribution < 1.29 is 49.0 Å². The fourth-order valence-electron chi connectivity index (χ4n) is 2.06. The lowest BCUT2D eigenvalue weighted by molar-refractivity contribution is -0.383. The minimum absolute atomic E-state index is 0.0979. The lowest BCUT2D eigenvalue weighted by Crippen LogP contribution is -2.55. The van der Waals surface area contributed by atoms with Crippen molar-refractivity contribution in [1.82, 2.24) is 0 Å². The van der Waals surface area contributed by atoms with E-state index in [9.17, 15) is 39.5 Å². The summed E-state index contributed by atoms with van der Waals surface area (Å²) in [5, 5.41) is 0. The molecule has 0 aromatic heterocycles. The van der Waals surface area contributed by atoms with Gasteiger partial charge in [0, 0.05) is 12.7 Å². The summed E-state index contributed by atoms with van der Waals surface area (Å²) in [5.74, 6) is -1.61. The molecule has 0 saturated heterocycles. The van der Waals surface area contributed by atoms with Crippen LogP contribution in [0, 0.1) is 0 Å². The van der Waals surface area contributed by atoms with Gasteiger partial charge in [-0.05, 0) is 6.07 Å². The standard InChI is InChI=1S/C12H9F9O2/c1-22-8-6(4-3-5-7(8)10(13,14)15)9(23-2,11(16,17)18)12(19,20)21/h3-5H,1-2H3. The molecule has 1 aromatic rings. The smallest absolute Gasteiger partial charge is 0.431 e. The molecule has 0 unspecified atom stereocenters. The molecule has 23 heavy (non-hydrogen) atoms. The zero-order chi connectivity index (χ0) is 18.3.